The van der Waals surface area contributed by atoms with E-state index >= 15 is 0 Å². The molecule has 1 aromatic carbocycles. The van der Waals surface area contributed by atoms with Crippen LogP contribution in [0.3, 0.4) is 0 Å². The lowest BCUT2D eigenvalue weighted by Gasteiger charge is -2.05. The van der Waals surface area contributed by atoms with Gasteiger partial charge in [-0.1, -0.05) is 27.7 Å². The molecule has 1 nitrogen and oxygen atoms in total. The van der Waals surface area contributed by atoms with Gasteiger partial charge in [-0.05, 0) is 10.8 Å². The van der Waals surface area contributed by atoms with E-state index in [4.69, 9.17) is 0 Å². The predicted molar refractivity (Wildman–Crippen MR) is 61.7 cm³/mol. The molecule has 0 radical (unpaired) electrons. The first kappa shape index (κ1) is 13.1. The van der Waals surface area contributed by atoms with Gasteiger partial charge in [0, 0.05) is 18.1 Å². The molecular formula is C14H15F3O. The third-order valence-electron chi connectivity index (χ3n) is 4.54. The minimum absolute atomic E-state index is 0.308. The molecule has 0 unspecified atom stereocenters. The highest BCUT2D eigenvalue weighted by Gasteiger charge is 2.68. The second-order valence-electron chi connectivity index (χ2n) is 5.99. The van der Waals surface area contributed by atoms with Crippen molar-refractivity contribution in [3.63, 3.8) is 0 Å². The minimum Gasteiger partial charge on any atom is -0.294 e. The molecule has 0 saturated heterocycles. The Balaban J connectivity index is 2.44. The standard InChI is InChI=1S/C14H15F3O/c1-13(2)12(14(13,3)4)11(18)10-8(16)5-7(15)6-9(10)17/h5-6,12H,1-4H3. The van der Waals surface area contributed by atoms with Gasteiger partial charge in [-0.15, -0.1) is 0 Å². The van der Waals surface area contributed by atoms with E-state index in [1.165, 1.54) is 0 Å². The quantitative estimate of drug-likeness (QED) is 0.732. The molecule has 0 heterocycles. The number of carbonyl (C=O) groups is 1. The maximum Gasteiger partial charge on any atom is 0.172 e. The van der Waals surface area contributed by atoms with E-state index in [1.54, 1.807) is 0 Å². The molecule has 0 spiro atoms. The fourth-order valence-corrected chi connectivity index (χ4v) is 2.77. The molecule has 1 fully saturated rings. The molecule has 2 rings (SSSR count). The number of halogens is 3. The number of benzene rings is 1. The molecule has 1 aliphatic carbocycles. The van der Waals surface area contributed by atoms with Crippen molar-refractivity contribution < 1.29 is 18.0 Å². The Bertz CT molecular complexity index is 495. The summed E-state index contributed by atoms with van der Waals surface area (Å²) in [7, 11) is 0. The Labute approximate surface area is 104 Å². The monoisotopic (exact) mass is 256 g/mol. The first-order valence-electron chi connectivity index (χ1n) is 5.79. The van der Waals surface area contributed by atoms with Gasteiger partial charge in [0.15, 0.2) is 5.78 Å². The highest BCUT2D eigenvalue weighted by molar-refractivity contribution is 6.01. The van der Waals surface area contributed by atoms with Gasteiger partial charge in [-0.3, -0.25) is 4.79 Å². The number of hydrogen-bond donors (Lipinski definition) is 0. The fourth-order valence-electron chi connectivity index (χ4n) is 2.77. The maximum absolute atomic E-state index is 13.6. The highest BCUT2D eigenvalue weighted by atomic mass is 19.1. The Kier molecular flexibility index (Phi) is 2.62. The molecule has 18 heavy (non-hydrogen) atoms. The van der Waals surface area contributed by atoms with Crippen LogP contribution >= 0.6 is 0 Å². The topological polar surface area (TPSA) is 17.1 Å². The van der Waals surface area contributed by atoms with Crippen molar-refractivity contribution in [1.82, 2.24) is 0 Å². The molecule has 0 bridgehead atoms. The Morgan fingerprint density at radius 1 is 1.00 bits per heavy atom. The van der Waals surface area contributed by atoms with Crippen LogP contribution in [0.15, 0.2) is 12.1 Å². The number of hydrogen-bond acceptors (Lipinski definition) is 1. The lowest BCUT2D eigenvalue weighted by atomic mass is 10.0. The van der Waals surface area contributed by atoms with E-state index in [0.29, 0.717) is 12.1 Å². The molecule has 0 amide bonds. The van der Waals surface area contributed by atoms with Crippen molar-refractivity contribution >= 4 is 5.78 Å². The molecule has 4 heteroatoms. The van der Waals surface area contributed by atoms with Gasteiger partial charge in [0.05, 0.1) is 5.56 Å². The van der Waals surface area contributed by atoms with Crippen LogP contribution in [0.2, 0.25) is 0 Å². The Morgan fingerprint density at radius 3 is 1.72 bits per heavy atom. The largest absolute Gasteiger partial charge is 0.294 e. The fraction of sp³-hybridized carbons (Fsp3) is 0.500. The molecule has 98 valence electrons. The lowest BCUT2D eigenvalue weighted by molar-refractivity contribution is 0.0936. The van der Waals surface area contributed by atoms with Crippen LogP contribution in [-0.2, 0) is 0 Å². The van der Waals surface area contributed by atoms with Crippen molar-refractivity contribution in [2.75, 3.05) is 0 Å². The van der Waals surface area contributed by atoms with E-state index in [2.05, 4.69) is 0 Å². The number of Topliss-reactive ketones (excluding diaryl/α,β-unsaturated/α-hetero) is 1. The van der Waals surface area contributed by atoms with Crippen LogP contribution in [0.25, 0.3) is 0 Å². The SMILES string of the molecule is CC1(C)C(C(=O)c2c(F)cc(F)cc2F)C1(C)C. The van der Waals surface area contributed by atoms with Gasteiger partial charge in [-0.25, -0.2) is 13.2 Å². The predicted octanol–water partition coefficient (Wildman–Crippen LogP) is 3.97. The van der Waals surface area contributed by atoms with Crippen LogP contribution in [0.1, 0.15) is 38.1 Å². The van der Waals surface area contributed by atoms with Crippen molar-refractivity contribution in [1.29, 1.82) is 0 Å². The Hall–Kier alpha value is -1.32. The van der Waals surface area contributed by atoms with Gasteiger partial charge in [0.2, 0.25) is 0 Å². The second-order valence-corrected chi connectivity index (χ2v) is 5.99. The summed E-state index contributed by atoms with van der Waals surface area (Å²) in [6.45, 7) is 7.54. The summed E-state index contributed by atoms with van der Waals surface area (Å²) in [5, 5.41) is 0. The van der Waals surface area contributed by atoms with E-state index in [0.717, 1.165) is 0 Å². The summed E-state index contributed by atoms with van der Waals surface area (Å²) in [6, 6.07) is 1.08. The first-order chi connectivity index (χ1) is 8.10. The molecule has 1 saturated carbocycles. The highest BCUT2D eigenvalue weighted by Crippen LogP contribution is 2.69. The van der Waals surface area contributed by atoms with E-state index in [9.17, 15) is 18.0 Å². The van der Waals surface area contributed by atoms with Crippen LogP contribution < -0.4 is 0 Å². The number of carbonyl (C=O) groups excluding carboxylic acids is 1. The summed E-state index contributed by atoms with van der Waals surface area (Å²) in [4.78, 5) is 12.2. The molecule has 0 aliphatic heterocycles. The maximum atomic E-state index is 13.6. The molecule has 1 aliphatic rings. The van der Waals surface area contributed by atoms with Crippen LogP contribution in [0, 0.1) is 34.2 Å². The molecular weight excluding hydrogens is 241 g/mol. The summed E-state index contributed by atoms with van der Waals surface area (Å²) in [5.41, 5.74) is -1.24. The van der Waals surface area contributed by atoms with E-state index < -0.39 is 34.7 Å². The smallest absolute Gasteiger partial charge is 0.172 e. The third kappa shape index (κ3) is 1.58. The van der Waals surface area contributed by atoms with Crippen molar-refractivity contribution in [2.24, 2.45) is 16.7 Å². The number of ketones is 1. The normalized spacial score (nSPS) is 20.8. The van der Waals surface area contributed by atoms with Gasteiger partial charge in [0.1, 0.15) is 17.5 Å². The molecule has 0 atom stereocenters. The summed E-state index contributed by atoms with van der Waals surface area (Å²) in [5.74, 6) is -4.30. The van der Waals surface area contributed by atoms with E-state index in [-0.39, 0.29) is 10.8 Å². The minimum atomic E-state index is -1.13. The van der Waals surface area contributed by atoms with E-state index in [1.807, 2.05) is 27.7 Å². The summed E-state index contributed by atoms with van der Waals surface area (Å²) < 4.78 is 39.9. The van der Waals surface area contributed by atoms with Gasteiger partial charge >= 0.3 is 0 Å². The Morgan fingerprint density at radius 2 is 1.39 bits per heavy atom. The average molecular weight is 256 g/mol. The summed E-state index contributed by atoms with van der Waals surface area (Å²) in [6.07, 6.45) is 0. The van der Waals surface area contributed by atoms with Gasteiger partial charge in [-0.2, -0.15) is 0 Å². The van der Waals surface area contributed by atoms with Gasteiger partial charge in [0.25, 0.3) is 0 Å². The van der Waals surface area contributed by atoms with Crippen LogP contribution in [0.5, 0.6) is 0 Å². The van der Waals surface area contributed by atoms with Crippen LogP contribution in [0.4, 0.5) is 13.2 Å². The molecule has 0 N–H and O–H groups in total. The molecule has 0 aromatic heterocycles. The number of rotatable bonds is 2. The second kappa shape index (κ2) is 3.59. The van der Waals surface area contributed by atoms with Crippen molar-refractivity contribution in [3.05, 3.63) is 35.1 Å². The van der Waals surface area contributed by atoms with Gasteiger partial charge < -0.3 is 0 Å². The molecule has 1 aromatic rings. The first-order valence-corrected chi connectivity index (χ1v) is 5.79. The summed E-state index contributed by atoms with van der Waals surface area (Å²) >= 11 is 0. The third-order valence-corrected chi connectivity index (χ3v) is 4.54. The van der Waals surface area contributed by atoms with Crippen molar-refractivity contribution in [2.45, 2.75) is 27.7 Å². The van der Waals surface area contributed by atoms with Crippen LogP contribution in [-0.4, -0.2) is 5.78 Å². The average Bonchev–Trinajstić information content (AvgIpc) is 2.54. The zero-order valence-corrected chi connectivity index (χ0v) is 10.8. The van der Waals surface area contributed by atoms with Crippen molar-refractivity contribution in [3.8, 4) is 0 Å². The zero-order chi connectivity index (χ0) is 13.9. The lowest BCUT2D eigenvalue weighted by Crippen LogP contribution is -2.12. The zero-order valence-electron chi connectivity index (χ0n) is 10.8.